The number of methoxy groups -OCH3 is 1. The SMILES string of the molecule is COc1cccc(-c2cnc(CN3CCCC[C@H]3C3OCCO3)o2)c1. The molecule has 2 saturated heterocycles. The highest BCUT2D eigenvalue weighted by Gasteiger charge is 2.34. The van der Waals surface area contributed by atoms with E-state index < -0.39 is 0 Å². The van der Waals surface area contributed by atoms with Gasteiger partial charge in [0.1, 0.15) is 5.75 Å². The van der Waals surface area contributed by atoms with Gasteiger partial charge >= 0.3 is 0 Å². The van der Waals surface area contributed by atoms with E-state index in [0.29, 0.717) is 19.8 Å². The number of piperidine rings is 1. The zero-order valence-electron chi connectivity index (χ0n) is 14.5. The van der Waals surface area contributed by atoms with Crippen molar-refractivity contribution in [3.05, 3.63) is 36.4 Å². The standard InChI is InChI=1S/C19H24N2O4/c1-22-15-6-4-5-14(11-15)17-12-20-18(25-17)13-21-8-3-2-7-16(21)19-23-9-10-24-19/h4-6,11-12,16,19H,2-3,7-10,13H2,1H3/t16-/m0/s1. The maximum absolute atomic E-state index is 5.99. The van der Waals surface area contributed by atoms with Crippen LogP contribution in [0.1, 0.15) is 25.2 Å². The largest absolute Gasteiger partial charge is 0.497 e. The van der Waals surface area contributed by atoms with Gasteiger partial charge in [-0.05, 0) is 31.5 Å². The monoisotopic (exact) mass is 344 g/mol. The van der Waals surface area contributed by atoms with E-state index in [1.54, 1.807) is 13.3 Å². The summed E-state index contributed by atoms with van der Waals surface area (Å²) in [6.45, 7) is 3.07. The Hall–Kier alpha value is -1.89. The van der Waals surface area contributed by atoms with Crippen LogP contribution in [0.4, 0.5) is 0 Å². The first kappa shape index (κ1) is 16.6. The summed E-state index contributed by atoms with van der Waals surface area (Å²) < 4.78 is 22.7. The Morgan fingerprint density at radius 3 is 2.96 bits per heavy atom. The van der Waals surface area contributed by atoms with Crippen molar-refractivity contribution < 1.29 is 18.6 Å². The van der Waals surface area contributed by atoms with Crippen LogP contribution in [0, 0.1) is 0 Å². The molecule has 2 aromatic rings. The number of benzene rings is 1. The van der Waals surface area contributed by atoms with Crippen molar-refractivity contribution in [2.45, 2.75) is 38.1 Å². The lowest BCUT2D eigenvalue weighted by Gasteiger charge is -2.37. The number of nitrogens with zero attached hydrogens (tertiary/aromatic N) is 2. The smallest absolute Gasteiger partial charge is 0.209 e. The first-order valence-corrected chi connectivity index (χ1v) is 8.90. The van der Waals surface area contributed by atoms with E-state index in [9.17, 15) is 0 Å². The zero-order valence-corrected chi connectivity index (χ0v) is 14.5. The fourth-order valence-electron chi connectivity index (χ4n) is 3.59. The maximum Gasteiger partial charge on any atom is 0.209 e. The van der Waals surface area contributed by atoms with Gasteiger partial charge in [0.2, 0.25) is 5.89 Å². The lowest BCUT2D eigenvalue weighted by Crippen LogP contribution is -2.46. The molecule has 0 saturated carbocycles. The number of rotatable bonds is 5. The van der Waals surface area contributed by atoms with Gasteiger partial charge in [-0.25, -0.2) is 4.98 Å². The fraction of sp³-hybridized carbons (Fsp3) is 0.526. The molecule has 134 valence electrons. The minimum Gasteiger partial charge on any atom is -0.497 e. The van der Waals surface area contributed by atoms with Gasteiger partial charge in [0.25, 0.3) is 0 Å². The van der Waals surface area contributed by atoms with Crippen LogP contribution >= 0.6 is 0 Å². The van der Waals surface area contributed by atoms with Gasteiger partial charge < -0.3 is 18.6 Å². The summed E-state index contributed by atoms with van der Waals surface area (Å²) in [5.41, 5.74) is 0.968. The number of oxazole rings is 1. The van der Waals surface area contributed by atoms with Gasteiger partial charge in [-0.2, -0.15) is 0 Å². The lowest BCUT2D eigenvalue weighted by atomic mass is 10.0. The van der Waals surface area contributed by atoms with Gasteiger partial charge in [-0.15, -0.1) is 0 Å². The van der Waals surface area contributed by atoms with Crippen LogP contribution < -0.4 is 4.74 Å². The van der Waals surface area contributed by atoms with E-state index in [1.165, 1.54) is 12.8 Å². The quantitative estimate of drug-likeness (QED) is 0.831. The van der Waals surface area contributed by atoms with E-state index in [1.807, 2.05) is 24.3 Å². The highest BCUT2D eigenvalue weighted by atomic mass is 16.7. The molecule has 2 aliphatic rings. The van der Waals surface area contributed by atoms with Crippen molar-refractivity contribution in [1.82, 2.24) is 9.88 Å². The van der Waals surface area contributed by atoms with Gasteiger partial charge in [-0.1, -0.05) is 18.6 Å². The van der Waals surface area contributed by atoms with Crippen LogP contribution in [0.25, 0.3) is 11.3 Å². The third-order valence-corrected chi connectivity index (χ3v) is 4.87. The molecule has 25 heavy (non-hydrogen) atoms. The fourth-order valence-corrected chi connectivity index (χ4v) is 3.59. The average molecular weight is 344 g/mol. The third kappa shape index (κ3) is 3.71. The minimum absolute atomic E-state index is 0.117. The van der Waals surface area contributed by atoms with E-state index >= 15 is 0 Å². The Balaban J connectivity index is 1.47. The van der Waals surface area contributed by atoms with Gasteiger partial charge in [0.15, 0.2) is 12.1 Å². The summed E-state index contributed by atoms with van der Waals surface area (Å²) in [5.74, 6) is 2.29. The molecule has 0 spiro atoms. The summed E-state index contributed by atoms with van der Waals surface area (Å²) >= 11 is 0. The molecule has 2 fully saturated rings. The molecule has 1 aromatic heterocycles. The highest BCUT2D eigenvalue weighted by Crippen LogP contribution is 2.28. The first-order chi connectivity index (χ1) is 12.3. The molecular formula is C19H24N2O4. The topological polar surface area (TPSA) is 57.0 Å². The van der Waals surface area contributed by atoms with Crippen LogP contribution in [-0.2, 0) is 16.0 Å². The van der Waals surface area contributed by atoms with Crippen molar-refractivity contribution in [1.29, 1.82) is 0 Å². The molecule has 0 bridgehead atoms. The molecule has 0 radical (unpaired) electrons. The molecule has 6 heteroatoms. The molecule has 2 aliphatic heterocycles. The number of hydrogen-bond donors (Lipinski definition) is 0. The molecule has 0 unspecified atom stereocenters. The summed E-state index contributed by atoms with van der Waals surface area (Å²) in [5, 5.41) is 0. The van der Waals surface area contributed by atoms with E-state index in [-0.39, 0.29) is 12.3 Å². The van der Waals surface area contributed by atoms with Crippen molar-refractivity contribution in [3.63, 3.8) is 0 Å². The second-order valence-electron chi connectivity index (χ2n) is 6.49. The third-order valence-electron chi connectivity index (χ3n) is 4.87. The van der Waals surface area contributed by atoms with Crippen LogP contribution in [0.3, 0.4) is 0 Å². The van der Waals surface area contributed by atoms with Crippen LogP contribution in [0.5, 0.6) is 5.75 Å². The molecule has 0 amide bonds. The molecule has 1 aromatic carbocycles. The zero-order chi connectivity index (χ0) is 17.1. The van der Waals surface area contributed by atoms with Crippen molar-refractivity contribution in [2.75, 3.05) is 26.9 Å². The Bertz CT molecular complexity index is 696. The van der Waals surface area contributed by atoms with Gasteiger partial charge in [0, 0.05) is 5.56 Å². The summed E-state index contributed by atoms with van der Waals surface area (Å²) in [4.78, 5) is 6.85. The Morgan fingerprint density at radius 2 is 2.12 bits per heavy atom. The lowest BCUT2D eigenvalue weighted by molar-refractivity contribution is -0.112. The molecule has 4 rings (SSSR count). The van der Waals surface area contributed by atoms with Gasteiger partial charge in [-0.3, -0.25) is 4.90 Å². The molecule has 1 atom stereocenters. The van der Waals surface area contributed by atoms with Crippen molar-refractivity contribution in [3.8, 4) is 17.1 Å². The number of aromatic nitrogens is 1. The average Bonchev–Trinajstić information content (AvgIpc) is 3.34. The van der Waals surface area contributed by atoms with E-state index in [2.05, 4.69) is 9.88 Å². The minimum atomic E-state index is -0.117. The normalized spacial score (nSPS) is 22.4. The number of ether oxygens (including phenoxy) is 3. The van der Waals surface area contributed by atoms with Gasteiger partial charge in [0.05, 0.1) is 39.1 Å². The molecule has 3 heterocycles. The van der Waals surface area contributed by atoms with Crippen LogP contribution in [-0.4, -0.2) is 49.1 Å². The molecule has 6 nitrogen and oxygen atoms in total. The predicted octanol–water partition coefficient (Wildman–Crippen LogP) is 3.08. The predicted molar refractivity (Wildman–Crippen MR) is 92.2 cm³/mol. The summed E-state index contributed by atoms with van der Waals surface area (Å²) in [6.07, 6.45) is 5.16. The number of likely N-dealkylation sites (tertiary alicyclic amines) is 1. The van der Waals surface area contributed by atoms with Crippen LogP contribution in [0.2, 0.25) is 0 Å². The summed E-state index contributed by atoms with van der Waals surface area (Å²) in [7, 11) is 1.66. The molecule has 0 aliphatic carbocycles. The first-order valence-electron chi connectivity index (χ1n) is 8.90. The van der Waals surface area contributed by atoms with Crippen molar-refractivity contribution >= 4 is 0 Å². The second kappa shape index (κ2) is 7.56. The highest BCUT2D eigenvalue weighted by molar-refractivity contribution is 5.58. The maximum atomic E-state index is 5.99. The van der Waals surface area contributed by atoms with E-state index in [0.717, 1.165) is 35.9 Å². The summed E-state index contributed by atoms with van der Waals surface area (Å²) in [6, 6.07) is 8.10. The second-order valence-corrected chi connectivity index (χ2v) is 6.49. The van der Waals surface area contributed by atoms with Crippen LogP contribution in [0.15, 0.2) is 34.9 Å². The molecular weight excluding hydrogens is 320 g/mol. The van der Waals surface area contributed by atoms with E-state index in [4.69, 9.17) is 18.6 Å². The Kier molecular flexibility index (Phi) is 5.01. The number of hydrogen-bond acceptors (Lipinski definition) is 6. The Morgan fingerprint density at radius 1 is 1.24 bits per heavy atom. The van der Waals surface area contributed by atoms with Crippen molar-refractivity contribution in [2.24, 2.45) is 0 Å². The Labute approximate surface area is 147 Å². The molecule has 0 N–H and O–H groups in total.